The van der Waals surface area contributed by atoms with Crippen LogP contribution in [0.5, 0.6) is 17.2 Å². The highest BCUT2D eigenvalue weighted by Crippen LogP contribution is 2.43. The van der Waals surface area contributed by atoms with Crippen molar-refractivity contribution in [3.8, 4) is 17.2 Å². The Labute approximate surface area is 244 Å². The molecule has 4 aromatic carbocycles. The number of carbonyl (C=O) groups is 2. The van der Waals surface area contributed by atoms with Crippen molar-refractivity contribution in [3.05, 3.63) is 130 Å². The highest BCUT2D eigenvalue weighted by molar-refractivity contribution is 6.46. The number of ether oxygens (including phenoxy) is 3. The fourth-order valence-corrected chi connectivity index (χ4v) is 5.60. The molecule has 2 heterocycles. The predicted molar refractivity (Wildman–Crippen MR) is 158 cm³/mol. The summed E-state index contributed by atoms with van der Waals surface area (Å²) in [6.07, 6.45) is 0.730. The van der Waals surface area contributed by atoms with Gasteiger partial charge in [-0.05, 0) is 59.5 Å². The van der Waals surface area contributed by atoms with E-state index in [1.165, 1.54) is 4.90 Å². The van der Waals surface area contributed by atoms with Gasteiger partial charge in [0.1, 0.15) is 24.2 Å². The van der Waals surface area contributed by atoms with Gasteiger partial charge in [0.2, 0.25) is 0 Å². The number of benzene rings is 4. The third-order valence-electron chi connectivity index (χ3n) is 7.65. The zero-order valence-corrected chi connectivity index (χ0v) is 23.4. The van der Waals surface area contributed by atoms with E-state index in [1.807, 2.05) is 79.7 Å². The van der Waals surface area contributed by atoms with E-state index >= 15 is 0 Å². The third-order valence-corrected chi connectivity index (χ3v) is 7.65. The molecule has 212 valence electrons. The van der Waals surface area contributed by atoms with Crippen molar-refractivity contribution < 1.29 is 28.9 Å². The van der Waals surface area contributed by atoms with Crippen molar-refractivity contribution in [1.82, 2.24) is 4.90 Å². The van der Waals surface area contributed by atoms with Gasteiger partial charge in [-0.3, -0.25) is 9.59 Å². The molecule has 42 heavy (non-hydrogen) atoms. The van der Waals surface area contributed by atoms with Crippen LogP contribution in [0.3, 0.4) is 0 Å². The zero-order valence-electron chi connectivity index (χ0n) is 23.4. The van der Waals surface area contributed by atoms with Gasteiger partial charge in [-0.1, -0.05) is 66.7 Å². The molecular weight excluding hydrogens is 530 g/mol. The zero-order chi connectivity index (χ0) is 29.2. The Morgan fingerprint density at radius 2 is 1.62 bits per heavy atom. The molecule has 2 atom stereocenters. The van der Waals surface area contributed by atoms with Gasteiger partial charge in [0.05, 0.1) is 18.7 Å². The predicted octanol–water partition coefficient (Wildman–Crippen LogP) is 6.22. The van der Waals surface area contributed by atoms with Crippen molar-refractivity contribution in [2.75, 3.05) is 7.11 Å². The van der Waals surface area contributed by atoms with Crippen LogP contribution in [0, 0.1) is 0 Å². The van der Waals surface area contributed by atoms with E-state index in [2.05, 4.69) is 0 Å². The van der Waals surface area contributed by atoms with Crippen LogP contribution in [-0.2, 0) is 29.2 Å². The molecule has 0 saturated carbocycles. The number of amides is 1. The fourth-order valence-electron chi connectivity index (χ4n) is 5.60. The summed E-state index contributed by atoms with van der Waals surface area (Å²) < 4.78 is 17.5. The lowest BCUT2D eigenvalue weighted by Crippen LogP contribution is -2.29. The summed E-state index contributed by atoms with van der Waals surface area (Å²) in [5, 5.41) is 11.6. The molecule has 1 amide bonds. The third kappa shape index (κ3) is 5.21. The normalized spacial score (nSPS) is 19.0. The summed E-state index contributed by atoms with van der Waals surface area (Å²) in [4.78, 5) is 28.6. The first-order chi connectivity index (χ1) is 20.4. The largest absolute Gasteiger partial charge is 0.507 e. The molecule has 0 aliphatic carbocycles. The van der Waals surface area contributed by atoms with Crippen LogP contribution < -0.4 is 14.2 Å². The average Bonchev–Trinajstić information content (AvgIpc) is 3.51. The lowest BCUT2D eigenvalue weighted by molar-refractivity contribution is -0.140. The summed E-state index contributed by atoms with van der Waals surface area (Å²) in [5.74, 6) is 0.111. The van der Waals surface area contributed by atoms with Crippen LogP contribution in [0.2, 0.25) is 0 Å². The number of likely N-dealkylation sites (tertiary alicyclic amines) is 1. The lowest BCUT2D eigenvalue weighted by Gasteiger charge is -2.26. The molecule has 0 spiro atoms. The van der Waals surface area contributed by atoms with Crippen LogP contribution in [-0.4, -0.2) is 34.9 Å². The molecule has 1 fully saturated rings. The Balaban J connectivity index is 1.41. The maximum atomic E-state index is 13.6. The number of hydrogen-bond donors (Lipinski definition) is 1. The molecule has 6 rings (SSSR count). The van der Waals surface area contributed by atoms with E-state index in [-0.39, 0.29) is 24.0 Å². The second-order valence-corrected chi connectivity index (χ2v) is 10.6. The van der Waals surface area contributed by atoms with Gasteiger partial charge in [0, 0.05) is 18.5 Å². The Morgan fingerprint density at radius 1 is 0.905 bits per heavy atom. The minimum Gasteiger partial charge on any atom is -0.507 e. The van der Waals surface area contributed by atoms with Gasteiger partial charge >= 0.3 is 0 Å². The number of aliphatic hydroxyl groups excluding tert-OH is 1. The van der Waals surface area contributed by atoms with Gasteiger partial charge in [-0.2, -0.15) is 0 Å². The quantitative estimate of drug-likeness (QED) is 0.156. The maximum Gasteiger partial charge on any atom is 0.295 e. The van der Waals surface area contributed by atoms with Crippen molar-refractivity contribution in [2.24, 2.45) is 0 Å². The monoisotopic (exact) mass is 561 g/mol. The summed E-state index contributed by atoms with van der Waals surface area (Å²) in [6.45, 7) is 2.52. The Bertz CT molecular complexity index is 1660. The number of ketones is 1. The van der Waals surface area contributed by atoms with Crippen LogP contribution in [0.15, 0.2) is 103 Å². The maximum absolute atomic E-state index is 13.6. The van der Waals surface area contributed by atoms with Crippen LogP contribution in [0.1, 0.15) is 40.8 Å². The molecule has 7 nitrogen and oxygen atoms in total. The van der Waals surface area contributed by atoms with E-state index < -0.39 is 17.7 Å². The Morgan fingerprint density at radius 3 is 2.33 bits per heavy atom. The summed E-state index contributed by atoms with van der Waals surface area (Å²) >= 11 is 0. The van der Waals surface area contributed by atoms with Crippen molar-refractivity contribution >= 4 is 17.4 Å². The molecule has 2 aliphatic rings. The number of Topliss-reactive ketones (excluding diaryl/α,β-unsaturated/α-hetero) is 1. The van der Waals surface area contributed by atoms with E-state index in [0.717, 1.165) is 22.4 Å². The number of carbonyl (C=O) groups excluding carboxylic acids is 2. The Kier molecular flexibility index (Phi) is 7.40. The standard InChI is InChI=1S/C35H31NO6/c1-22-17-27-18-26(14-15-28(27)42-22)33(37)31-32(36(35(39)34(31)38)20-23-9-5-3-6-10-23)25-13-16-29(30(19-25)40-2)41-21-24-11-7-4-8-12-24/h3-16,18-19,22,32,37H,17,20-21H2,1-2H3/t22-,32-/m1/s1. The van der Waals surface area contributed by atoms with Gasteiger partial charge < -0.3 is 24.2 Å². The van der Waals surface area contributed by atoms with Crippen LogP contribution in [0.25, 0.3) is 5.76 Å². The number of nitrogens with zero attached hydrogens (tertiary/aromatic N) is 1. The second-order valence-electron chi connectivity index (χ2n) is 10.6. The van der Waals surface area contributed by atoms with Crippen LogP contribution >= 0.6 is 0 Å². The first kappa shape index (κ1) is 27.1. The summed E-state index contributed by atoms with van der Waals surface area (Å²) in [7, 11) is 1.54. The van der Waals surface area contributed by atoms with Crippen LogP contribution in [0.4, 0.5) is 0 Å². The minimum absolute atomic E-state index is 0.0304. The molecular formula is C35H31NO6. The van der Waals surface area contributed by atoms with Gasteiger partial charge in [0.15, 0.2) is 11.5 Å². The fraction of sp³-hybridized carbons (Fsp3) is 0.200. The van der Waals surface area contributed by atoms with Crippen molar-refractivity contribution in [1.29, 1.82) is 0 Å². The van der Waals surface area contributed by atoms with E-state index in [0.29, 0.717) is 35.7 Å². The minimum atomic E-state index is -0.842. The number of methoxy groups -OCH3 is 1. The SMILES string of the molecule is COc1cc([C@@H]2C(=C(O)c3ccc4c(c3)C[C@@H](C)O4)C(=O)C(=O)N2Cc2ccccc2)ccc1OCc1ccccc1. The number of hydrogen-bond acceptors (Lipinski definition) is 6. The topological polar surface area (TPSA) is 85.3 Å². The number of aliphatic hydroxyl groups is 1. The molecule has 2 aliphatic heterocycles. The van der Waals surface area contributed by atoms with Crippen molar-refractivity contribution in [2.45, 2.75) is 38.6 Å². The molecule has 0 unspecified atom stereocenters. The van der Waals surface area contributed by atoms with E-state index in [1.54, 1.807) is 31.4 Å². The second kappa shape index (κ2) is 11.4. The van der Waals surface area contributed by atoms with E-state index in [4.69, 9.17) is 14.2 Å². The lowest BCUT2D eigenvalue weighted by atomic mass is 9.94. The molecule has 7 heteroatoms. The van der Waals surface area contributed by atoms with Gasteiger partial charge in [-0.25, -0.2) is 0 Å². The molecule has 0 aromatic heterocycles. The molecule has 0 radical (unpaired) electrons. The first-order valence-electron chi connectivity index (χ1n) is 13.9. The molecule has 4 aromatic rings. The smallest absolute Gasteiger partial charge is 0.295 e. The molecule has 1 N–H and O–H groups in total. The number of fused-ring (bicyclic) bond motifs is 1. The summed E-state index contributed by atoms with van der Waals surface area (Å²) in [5.41, 5.74) is 3.93. The summed E-state index contributed by atoms with van der Waals surface area (Å²) in [6, 6.07) is 29.1. The van der Waals surface area contributed by atoms with Crippen molar-refractivity contribution in [3.63, 3.8) is 0 Å². The highest BCUT2D eigenvalue weighted by Gasteiger charge is 2.46. The van der Waals surface area contributed by atoms with Gasteiger partial charge in [-0.15, -0.1) is 0 Å². The Hall–Kier alpha value is -5.04. The first-order valence-corrected chi connectivity index (χ1v) is 13.9. The highest BCUT2D eigenvalue weighted by atomic mass is 16.5. The number of rotatable bonds is 8. The average molecular weight is 562 g/mol. The molecule has 0 bridgehead atoms. The molecule has 1 saturated heterocycles. The van der Waals surface area contributed by atoms with E-state index in [9.17, 15) is 14.7 Å². The van der Waals surface area contributed by atoms with Gasteiger partial charge in [0.25, 0.3) is 11.7 Å².